The van der Waals surface area contributed by atoms with Gasteiger partial charge >= 0.3 is 0 Å². The zero-order chi connectivity index (χ0) is 32.0. The minimum Gasteiger partial charge on any atom is -0.0891 e. The van der Waals surface area contributed by atoms with Crippen LogP contribution in [0.5, 0.6) is 0 Å². The molecule has 6 rings (SSSR count). The maximum absolute atomic E-state index is 3.54. The summed E-state index contributed by atoms with van der Waals surface area (Å²) in [7, 11) is 0.00412. The van der Waals surface area contributed by atoms with Gasteiger partial charge in [-0.05, 0) is 83.6 Å². The molecular weight excluding hydrogens is 814 g/mol. The molecule has 0 saturated heterocycles. The van der Waals surface area contributed by atoms with E-state index in [9.17, 15) is 0 Å². The van der Waals surface area contributed by atoms with E-state index in [-0.39, 0.29) is 50.0 Å². The maximum atomic E-state index is 3.54. The zero-order valence-electron chi connectivity index (χ0n) is 29.8. The van der Waals surface area contributed by atoms with Gasteiger partial charge in [0.1, 0.15) is 0 Å². The molecular formula is C40H64Br2Fe2P2. The molecule has 0 amide bonds. The van der Waals surface area contributed by atoms with Gasteiger partial charge in [0.15, 0.2) is 0 Å². The van der Waals surface area contributed by atoms with Crippen LogP contribution in [0.3, 0.4) is 0 Å². The molecule has 2 atom stereocenters. The summed E-state index contributed by atoms with van der Waals surface area (Å²) < 4.78 is 0. The smallest absolute Gasteiger partial charge is 0.0145 e. The quantitative estimate of drug-likeness (QED) is 0.163. The average molecular weight is 878 g/mol. The van der Waals surface area contributed by atoms with E-state index in [4.69, 9.17) is 0 Å². The molecule has 0 bridgehead atoms. The Labute approximate surface area is 326 Å². The second-order valence-corrected chi connectivity index (χ2v) is 24.6. The molecule has 0 radical (unpaired) electrons. The summed E-state index contributed by atoms with van der Waals surface area (Å²) in [6, 6.07) is 22.4. The van der Waals surface area contributed by atoms with Gasteiger partial charge in [0.05, 0.1) is 0 Å². The Kier molecular flexibility index (Phi) is 23.4. The fourth-order valence-electron chi connectivity index (χ4n) is 7.55. The van der Waals surface area contributed by atoms with Crippen molar-refractivity contribution in [1.29, 1.82) is 0 Å². The van der Waals surface area contributed by atoms with E-state index in [1.807, 2.05) is 0 Å². The molecule has 0 N–H and O–H groups in total. The van der Waals surface area contributed by atoms with Gasteiger partial charge in [-0.15, -0.1) is 0 Å². The third-order valence-electron chi connectivity index (χ3n) is 9.46. The van der Waals surface area contributed by atoms with Crippen molar-refractivity contribution in [2.75, 3.05) is 0 Å². The molecule has 2 aromatic carbocycles. The predicted octanol–water partition coefficient (Wildman–Crippen LogP) is 13.7. The van der Waals surface area contributed by atoms with Crippen LogP contribution in [0.2, 0.25) is 0 Å². The Morgan fingerprint density at radius 2 is 0.674 bits per heavy atom. The topological polar surface area (TPSA) is 0 Å². The Hall–Kier alpha value is 1.30. The van der Waals surface area contributed by atoms with Crippen molar-refractivity contribution in [1.82, 2.24) is 0 Å². The number of halogens is 2. The summed E-state index contributed by atoms with van der Waals surface area (Å²) in [6.45, 7) is 14.5. The van der Waals surface area contributed by atoms with Crippen molar-refractivity contribution < 1.29 is 34.1 Å². The normalized spacial score (nSPS) is 20.5. The van der Waals surface area contributed by atoms with Crippen LogP contribution in [-0.2, 0) is 34.1 Å². The predicted molar refractivity (Wildman–Crippen MR) is 212 cm³/mol. The number of benzene rings is 2. The van der Waals surface area contributed by atoms with E-state index in [2.05, 4.69) is 134 Å². The van der Waals surface area contributed by atoms with Crippen molar-refractivity contribution in [3.63, 3.8) is 0 Å². The standard InChI is InChI=1S/2C15H23P.2C5H9Br.2Fe/c2*1-15(2,3)16(14-11-7-8-12-14)13-9-5-4-6-10-13;2*6-5-3-1-2-4-5;;/h2*4-6,9-10,14H,7-8,11-12H2,1-3H3;2*5H,1-4H2;;. The molecule has 46 heavy (non-hydrogen) atoms. The second kappa shape index (κ2) is 23.7. The molecule has 4 aliphatic rings. The van der Waals surface area contributed by atoms with Crippen LogP contribution in [0.4, 0.5) is 0 Å². The minimum absolute atomic E-state index is 0. The zero-order valence-corrected chi connectivity index (χ0v) is 36.9. The molecule has 2 aromatic rings. The second-order valence-electron chi connectivity index (χ2n) is 15.4. The Balaban J connectivity index is 0.000000330. The summed E-state index contributed by atoms with van der Waals surface area (Å²) in [4.78, 5) is 1.72. The van der Waals surface area contributed by atoms with E-state index in [0.29, 0.717) is 10.3 Å². The number of rotatable bonds is 4. The van der Waals surface area contributed by atoms with Crippen LogP contribution in [0.15, 0.2) is 60.7 Å². The number of hydrogen-bond donors (Lipinski definition) is 0. The fourth-order valence-corrected chi connectivity index (χ4v) is 16.2. The molecule has 0 nitrogen and oxygen atoms in total. The van der Waals surface area contributed by atoms with Crippen LogP contribution in [0.25, 0.3) is 0 Å². The third-order valence-corrected chi connectivity index (χ3v) is 18.4. The first-order valence-electron chi connectivity index (χ1n) is 17.9. The molecule has 6 heteroatoms. The largest absolute Gasteiger partial charge is 0.0891 e. The summed E-state index contributed by atoms with van der Waals surface area (Å²) in [5.74, 6) is 0. The molecule has 0 heterocycles. The molecule has 0 spiro atoms. The van der Waals surface area contributed by atoms with Crippen molar-refractivity contribution in [3.05, 3.63) is 60.7 Å². The van der Waals surface area contributed by atoms with Gasteiger partial charge in [0, 0.05) is 43.8 Å². The molecule has 4 fully saturated rings. The SMILES string of the molecule is BrC1CCCC1.BrC1CCCC1.CC(C)(C)P(c1ccccc1)C1CCCC1.CC(C)(C)P(c1ccccc1)C1CCCC1.[Fe].[Fe]. The summed E-state index contributed by atoms with van der Waals surface area (Å²) in [5.41, 5.74) is 1.94. The van der Waals surface area contributed by atoms with Gasteiger partial charge in [0.25, 0.3) is 0 Å². The van der Waals surface area contributed by atoms with E-state index in [1.54, 1.807) is 10.6 Å². The van der Waals surface area contributed by atoms with Gasteiger partial charge in [-0.3, -0.25) is 0 Å². The number of alkyl halides is 2. The van der Waals surface area contributed by atoms with Gasteiger partial charge < -0.3 is 0 Å². The number of hydrogen-bond acceptors (Lipinski definition) is 0. The van der Waals surface area contributed by atoms with Crippen LogP contribution in [0, 0.1) is 0 Å². The minimum atomic E-state index is 0. The summed E-state index contributed by atoms with van der Waals surface area (Å²) >= 11 is 7.08. The van der Waals surface area contributed by atoms with Crippen LogP contribution in [-0.4, -0.2) is 31.3 Å². The molecule has 2 unspecified atom stereocenters. The Morgan fingerprint density at radius 1 is 0.435 bits per heavy atom. The van der Waals surface area contributed by atoms with E-state index in [1.165, 1.54) is 103 Å². The van der Waals surface area contributed by atoms with Crippen LogP contribution in [0.1, 0.15) is 144 Å². The Morgan fingerprint density at radius 3 is 0.870 bits per heavy atom. The fraction of sp³-hybridized carbons (Fsp3) is 0.700. The first-order chi connectivity index (χ1) is 21.0. The van der Waals surface area contributed by atoms with E-state index >= 15 is 0 Å². The maximum Gasteiger partial charge on any atom is 0.0145 e. The first-order valence-corrected chi connectivity index (χ1v) is 22.6. The van der Waals surface area contributed by atoms with Crippen molar-refractivity contribution in [3.8, 4) is 0 Å². The van der Waals surface area contributed by atoms with Gasteiger partial charge in [0.2, 0.25) is 0 Å². The van der Waals surface area contributed by atoms with Gasteiger partial charge in [-0.1, -0.05) is 201 Å². The third kappa shape index (κ3) is 16.5. The Bertz CT molecular complexity index is 918. The van der Waals surface area contributed by atoms with Crippen molar-refractivity contribution >= 4 is 58.3 Å². The molecule has 0 aromatic heterocycles. The van der Waals surface area contributed by atoms with E-state index < -0.39 is 0 Å². The van der Waals surface area contributed by atoms with Gasteiger partial charge in [-0.25, -0.2) is 0 Å². The molecule has 4 saturated carbocycles. The molecule has 0 aliphatic heterocycles. The van der Waals surface area contributed by atoms with Crippen LogP contribution >= 0.6 is 47.7 Å². The monoisotopic (exact) mass is 876 g/mol. The average Bonchev–Trinajstić information content (AvgIpc) is 3.81. The van der Waals surface area contributed by atoms with Gasteiger partial charge in [-0.2, -0.15) is 0 Å². The van der Waals surface area contributed by atoms with Crippen LogP contribution < -0.4 is 10.6 Å². The molecule has 4 aliphatic carbocycles. The molecule has 264 valence electrons. The van der Waals surface area contributed by atoms with Crippen molar-refractivity contribution in [2.24, 2.45) is 0 Å². The first kappa shape index (κ1) is 45.3. The van der Waals surface area contributed by atoms with Crippen molar-refractivity contribution in [2.45, 2.75) is 176 Å². The van der Waals surface area contributed by atoms with E-state index in [0.717, 1.165) is 21.0 Å². The summed E-state index contributed by atoms with van der Waals surface area (Å²) in [5, 5.41) is 4.12. The summed E-state index contributed by atoms with van der Waals surface area (Å²) in [6.07, 6.45) is 23.0.